The van der Waals surface area contributed by atoms with E-state index in [2.05, 4.69) is 23.7 Å². The third kappa shape index (κ3) is 4.37. The van der Waals surface area contributed by atoms with Crippen molar-refractivity contribution in [1.82, 2.24) is 9.97 Å². The minimum Gasteiger partial charge on any atom is -0.497 e. The first kappa shape index (κ1) is 20.0. The van der Waals surface area contributed by atoms with Gasteiger partial charge in [-0.1, -0.05) is 17.7 Å². The SMILES string of the molecule is CCN(CC)c1nc(/C=C/c2cc(OC)cc(OC)c2)nc2ccc(Cl)cc12. The molecule has 146 valence electrons. The molecule has 2 aromatic carbocycles. The summed E-state index contributed by atoms with van der Waals surface area (Å²) in [6.45, 7) is 5.93. The third-order valence-electron chi connectivity index (χ3n) is 4.52. The Hall–Kier alpha value is -2.79. The fourth-order valence-corrected chi connectivity index (χ4v) is 3.21. The second-order valence-electron chi connectivity index (χ2n) is 6.22. The Morgan fingerprint density at radius 2 is 1.61 bits per heavy atom. The van der Waals surface area contributed by atoms with Crippen LogP contribution in [-0.4, -0.2) is 37.3 Å². The summed E-state index contributed by atoms with van der Waals surface area (Å²) in [6, 6.07) is 11.4. The highest BCUT2D eigenvalue weighted by Crippen LogP contribution is 2.28. The van der Waals surface area contributed by atoms with Gasteiger partial charge in [0, 0.05) is 29.6 Å². The molecule has 0 N–H and O–H groups in total. The number of ether oxygens (including phenoxy) is 2. The zero-order valence-electron chi connectivity index (χ0n) is 16.6. The van der Waals surface area contributed by atoms with Gasteiger partial charge >= 0.3 is 0 Å². The quantitative estimate of drug-likeness (QED) is 0.540. The Balaban J connectivity index is 2.06. The summed E-state index contributed by atoms with van der Waals surface area (Å²) in [5.74, 6) is 2.99. The van der Waals surface area contributed by atoms with Crippen molar-refractivity contribution in [3.05, 3.63) is 52.8 Å². The molecule has 0 amide bonds. The van der Waals surface area contributed by atoms with Crippen molar-refractivity contribution >= 4 is 40.5 Å². The highest BCUT2D eigenvalue weighted by molar-refractivity contribution is 6.31. The number of hydrogen-bond donors (Lipinski definition) is 0. The van der Waals surface area contributed by atoms with Gasteiger partial charge in [-0.2, -0.15) is 0 Å². The molecule has 0 aliphatic heterocycles. The van der Waals surface area contributed by atoms with E-state index in [1.807, 2.05) is 48.6 Å². The van der Waals surface area contributed by atoms with Crippen LogP contribution in [0.5, 0.6) is 11.5 Å². The lowest BCUT2D eigenvalue weighted by Gasteiger charge is -2.21. The molecule has 0 aliphatic rings. The van der Waals surface area contributed by atoms with Crippen LogP contribution in [0.3, 0.4) is 0 Å². The fourth-order valence-electron chi connectivity index (χ4n) is 3.04. The zero-order chi connectivity index (χ0) is 20.1. The van der Waals surface area contributed by atoms with Crippen molar-refractivity contribution in [3.63, 3.8) is 0 Å². The molecule has 0 bridgehead atoms. The fraction of sp³-hybridized carbons (Fsp3) is 0.273. The van der Waals surface area contributed by atoms with Gasteiger partial charge < -0.3 is 14.4 Å². The Morgan fingerprint density at radius 1 is 0.929 bits per heavy atom. The lowest BCUT2D eigenvalue weighted by atomic mass is 10.1. The van der Waals surface area contributed by atoms with E-state index < -0.39 is 0 Å². The van der Waals surface area contributed by atoms with Gasteiger partial charge in [-0.3, -0.25) is 0 Å². The van der Waals surface area contributed by atoms with E-state index >= 15 is 0 Å². The van der Waals surface area contributed by atoms with Crippen LogP contribution in [-0.2, 0) is 0 Å². The smallest absolute Gasteiger partial charge is 0.154 e. The zero-order valence-corrected chi connectivity index (χ0v) is 17.3. The van der Waals surface area contributed by atoms with Gasteiger partial charge in [-0.05, 0) is 55.8 Å². The monoisotopic (exact) mass is 397 g/mol. The van der Waals surface area contributed by atoms with E-state index in [0.29, 0.717) is 10.8 Å². The normalized spacial score (nSPS) is 11.2. The molecule has 28 heavy (non-hydrogen) atoms. The topological polar surface area (TPSA) is 47.5 Å². The second-order valence-corrected chi connectivity index (χ2v) is 6.65. The van der Waals surface area contributed by atoms with Crippen molar-refractivity contribution in [2.24, 2.45) is 0 Å². The molecule has 0 spiro atoms. The minimum atomic E-state index is 0.638. The maximum Gasteiger partial charge on any atom is 0.154 e. The van der Waals surface area contributed by atoms with E-state index in [-0.39, 0.29) is 0 Å². The van der Waals surface area contributed by atoms with Gasteiger partial charge in [-0.15, -0.1) is 0 Å². The minimum absolute atomic E-state index is 0.638. The molecule has 3 rings (SSSR count). The Morgan fingerprint density at radius 3 is 2.21 bits per heavy atom. The van der Waals surface area contributed by atoms with Crippen molar-refractivity contribution in [1.29, 1.82) is 0 Å². The predicted molar refractivity (Wildman–Crippen MR) is 117 cm³/mol. The molecular formula is C22H24ClN3O2. The van der Waals surface area contributed by atoms with Crippen LogP contribution in [0, 0.1) is 0 Å². The van der Waals surface area contributed by atoms with Crippen LogP contribution in [0.1, 0.15) is 25.2 Å². The van der Waals surface area contributed by atoms with E-state index in [0.717, 1.165) is 46.9 Å². The highest BCUT2D eigenvalue weighted by Gasteiger charge is 2.12. The van der Waals surface area contributed by atoms with E-state index in [9.17, 15) is 0 Å². The summed E-state index contributed by atoms with van der Waals surface area (Å²) in [7, 11) is 3.27. The first-order valence-electron chi connectivity index (χ1n) is 9.21. The molecule has 5 nitrogen and oxygen atoms in total. The number of fused-ring (bicyclic) bond motifs is 1. The van der Waals surface area contributed by atoms with Crippen LogP contribution in [0.2, 0.25) is 5.02 Å². The summed E-state index contributed by atoms with van der Waals surface area (Å²) in [5.41, 5.74) is 1.81. The average molecular weight is 398 g/mol. The third-order valence-corrected chi connectivity index (χ3v) is 4.75. The molecule has 0 fully saturated rings. The average Bonchev–Trinajstić information content (AvgIpc) is 2.73. The molecule has 6 heteroatoms. The van der Waals surface area contributed by atoms with Crippen molar-refractivity contribution in [3.8, 4) is 11.5 Å². The molecular weight excluding hydrogens is 374 g/mol. The van der Waals surface area contributed by atoms with E-state index in [4.69, 9.17) is 26.1 Å². The number of benzene rings is 2. The van der Waals surface area contributed by atoms with Crippen molar-refractivity contribution in [2.45, 2.75) is 13.8 Å². The first-order valence-corrected chi connectivity index (χ1v) is 9.59. The van der Waals surface area contributed by atoms with Crippen LogP contribution in [0.4, 0.5) is 5.82 Å². The molecule has 0 aliphatic carbocycles. The largest absolute Gasteiger partial charge is 0.497 e. The van der Waals surface area contributed by atoms with Gasteiger partial charge in [0.25, 0.3) is 0 Å². The summed E-state index contributed by atoms with van der Waals surface area (Å²) >= 11 is 6.21. The van der Waals surface area contributed by atoms with Crippen LogP contribution >= 0.6 is 11.6 Å². The summed E-state index contributed by atoms with van der Waals surface area (Å²) in [4.78, 5) is 11.7. The maximum atomic E-state index is 6.21. The number of rotatable bonds is 7. The van der Waals surface area contributed by atoms with Gasteiger partial charge in [0.2, 0.25) is 0 Å². The summed E-state index contributed by atoms with van der Waals surface area (Å²) in [6.07, 6.45) is 3.85. The number of methoxy groups -OCH3 is 2. The lowest BCUT2D eigenvalue weighted by molar-refractivity contribution is 0.394. The Labute approximate surface area is 170 Å². The summed E-state index contributed by atoms with van der Waals surface area (Å²) < 4.78 is 10.7. The number of anilines is 1. The van der Waals surface area contributed by atoms with E-state index in [1.54, 1.807) is 14.2 Å². The number of aromatic nitrogens is 2. The number of halogens is 1. The van der Waals surface area contributed by atoms with Crippen molar-refractivity contribution < 1.29 is 9.47 Å². The Bertz CT molecular complexity index is 978. The molecule has 1 heterocycles. The molecule has 0 atom stereocenters. The maximum absolute atomic E-state index is 6.21. The predicted octanol–water partition coefficient (Wildman–Crippen LogP) is 5.32. The highest BCUT2D eigenvalue weighted by atomic mass is 35.5. The molecule has 1 aromatic heterocycles. The van der Waals surface area contributed by atoms with Gasteiger partial charge in [0.05, 0.1) is 19.7 Å². The summed E-state index contributed by atoms with van der Waals surface area (Å²) in [5, 5.41) is 1.63. The van der Waals surface area contributed by atoms with Crippen LogP contribution < -0.4 is 14.4 Å². The number of hydrogen-bond acceptors (Lipinski definition) is 5. The van der Waals surface area contributed by atoms with Crippen LogP contribution in [0.15, 0.2) is 36.4 Å². The van der Waals surface area contributed by atoms with Crippen LogP contribution in [0.25, 0.3) is 23.1 Å². The molecule has 0 saturated heterocycles. The molecule has 0 unspecified atom stereocenters. The molecule has 0 saturated carbocycles. The van der Waals surface area contributed by atoms with Gasteiger partial charge in [0.1, 0.15) is 17.3 Å². The van der Waals surface area contributed by atoms with E-state index in [1.165, 1.54) is 0 Å². The second kappa shape index (κ2) is 8.93. The molecule has 3 aromatic rings. The van der Waals surface area contributed by atoms with Gasteiger partial charge in [0.15, 0.2) is 5.82 Å². The van der Waals surface area contributed by atoms with Gasteiger partial charge in [-0.25, -0.2) is 9.97 Å². The Kier molecular flexibility index (Phi) is 6.37. The first-order chi connectivity index (χ1) is 13.6. The lowest BCUT2D eigenvalue weighted by Crippen LogP contribution is -2.23. The molecule has 0 radical (unpaired) electrons. The van der Waals surface area contributed by atoms with Crippen molar-refractivity contribution in [2.75, 3.05) is 32.2 Å². The number of nitrogens with zero attached hydrogens (tertiary/aromatic N) is 3. The standard InChI is InChI=1S/C22H24ClN3O2/c1-5-26(6-2)22-19-13-16(23)8-9-20(19)24-21(25-22)10-7-15-11-17(27-3)14-18(12-15)28-4/h7-14H,5-6H2,1-4H3/b10-7+.